The maximum atomic E-state index is 11.5. The Morgan fingerprint density at radius 1 is 1.41 bits per heavy atom. The van der Waals surface area contributed by atoms with E-state index in [1.54, 1.807) is 0 Å². The molecule has 1 atom stereocenters. The topological polar surface area (TPSA) is 46.2 Å². The Morgan fingerprint density at radius 2 is 2.18 bits per heavy atom. The Kier molecular flexibility index (Phi) is 4.22. The van der Waals surface area contributed by atoms with Crippen LogP contribution >= 0.6 is 11.3 Å². The van der Waals surface area contributed by atoms with E-state index in [-0.39, 0.29) is 6.04 Å². The van der Waals surface area contributed by atoms with Crippen molar-refractivity contribution in [2.75, 3.05) is 11.5 Å². The van der Waals surface area contributed by atoms with Gasteiger partial charge < -0.3 is 5.32 Å². The van der Waals surface area contributed by atoms with Gasteiger partial charge in [0.2, 0.25) is 0 Å². The number of thiophene rings is 1. The van der Waals surface area contributed by atoms with Gasteiger partial charge in [-0.25, -0.2) is 8.42 Å². The van der Waals surface area contributed by atoms with E-state index in [4.69, 9.17) is 0 Å². The molecule has 1 unspecified atom stereocenters. The van der Waals surface area contributed by atoms with Crippen LogP contribution < -0.4 is 5.32 Å². The third-order valence-electron chi connectivity index (χ3n) is 3.09. The van der Waals surface area contributed by atoms with E-state index < -0.39 is 9.84 Å². The molecule has 1 N–H and O–H groups in total. The molecule has 0 bridgehead atoms. The number of sulfone groups is 1. The van der Waals surface area contributed by atoms with Crippen molar-refractivity contribution >= 4 is 21.2 Å². The molecule has 0 aliphatic carbocycles. The van der Waals surface area contributed by atoms with Gasteiger partial charge in [-0.1, -0.05) is 6.92 Å². The fourth-order valence-electron chi connectivity index (χ4n) is 2.14. The molecule has 0 aromatic carbocycles. The fourth-order valence-corrected chi connectivity index (χ4v) is 4.72. The van der Waals surface area contributed by atoms with Gasteiger partial charge in [0.05, 0.1) is 11.5 Å². The summed E-state index contributed by atoms with van der Waals surface area (Å²) in [6, 6.07) is 4.42. The van der Waals surface area contributed by atoms with Crippen molar-refractivity contribution in [2.24, 2.45) is 0 Å². The summed E-state index contributed by atoms with van der Waals surface area (Å²) in [4.78, 5) is 2.68. The lowest BCUT2D eigenvalue weighted by atomic mass is 10.2. The van der Waals surface area contributed by atoms with Gasteiger partial charge >= 0.3 is 0 Å². The molecular weight excluding hydrogens is 254 g/mol. The van der Waals surface area contributed by atoms with E-state index in [1.165, 1.54) is 9.75 Å². The smallest absolute Gasteiger partial charge is 0.151 e. The third-order valence-corrected chi connectivity index (χ3v) is 6.14. The maximum Gasteiger partial charge on any atom is 0.151 e. The summed E-state index contributed by atoms with van der Waals surface area (Å²) >= 11 is 1.81. The summed E-state index contributed by atoms with van der Waals surface area (Å²) < 4.78 is 23.0. The normalized spacial score (nSPS) is 23.7. The van der Waals surface area contributed by atoms with Crippen LogP contribution in [0, 0.1) is 0 Å². The SMILES string of the molecule is CCc1ccc(CNC2CCCS(=O)(=O)C2)s1. The summed E-state index contributed by atoms with van der Waals surface area (Å²) in [7, 11) is -2.79. The molecule has 17 heavy (non-hydrogen) atoms. The first kappa shape index (κ1) is 13.1. The van der Waals surface area contributed by atoms with Crippen LogP contribution in [-0.4, -0.2) is 26.0 Å². The molecule has 1 aromatic rings. The summed E-state index contributed by atoms with van der Waals surface area (Å²) in [5.74, 6) is 0.670. The maximum absolute atomic E-state index is 11.5. The molecule has 3 nitrogen and oxygen atoms in total. The molecule has 0 spiro atoms. The molecule has 5 heteroatoms. The van der Waals surface area contributed by atoms with E-state index >= 15 is 0 Å². The van der Waals surface area contributed by atoms with Gasteiger partial charge in [0, 0.05) is 22.3 Å². The fraction of sp³-hybridized carbons (Fsp3) is 0.667. The van der Waals surface area contributed by atoms with Crippen LogP contribution in [0.5, 0.6) is 0 Å². The highest BCUT2D eigenvalue weighted by molar-refractivity contribution is 7.91. The molecule has 0 amide bonds. The summed E-state index contributed by atoms with van der Waals surface area (Å²) in [6.07, 6.45) is 2.85. The van der Waals surface area contributed by atoms with E-state index in [2.05, 4.69) is 24.4 Å². The lowest BCUT2D eigenvalue weighted by molar-refractivity contribution is 0.482. The first-order valence-corrected chi connectivity index (χ1v) is 8.74. The van der Waals surface area contributed by atoms with Crippen molar-refractivity contribution in [3.05, 3.63) is 21.9 Å². The molecule has 0 radical (unpaired) electrons. The van der Waals surface area contributed by atoms with Crippen LogP contribution in [0.25, 0.3) is 0 Å². The zero-order chi connectivity index (χ0) is 12.3. The molecule has 1 saturated heterocycles. The second-order valence-electron chi connectivity index (χ2n) is 4.56. The second-order valence-corrected chi connectivity index (χ2v) is 8.04. The van der Waals surface area contributed by atoms with Crippen molar-refractivity contribution < 1.29 is 8.42 Å². The number of nitrogens with one attached hydrogen (secondary N) is 1. The van der Waals surface area contributed by atoms with E-state index in [1.807, 2.05) is 11.3 Å². The Balaban J connectivity index is 1.85. The zero-order valence-electron chi connectivity index (χ0n) is 10.1. The number of hydrogen-bond donors (Lipinski definition) is 1. The summed E-state index contributed by atoms with van der Waals surface area (Å²) in [5, 5.41) is 3.36. The van der Waals surface area contributed by atoms with Crippen LogP contribution in [0.1, 0.15) is 29.5 Å². The molecule has 1 fully saturated rings. The highest BCUT2D eigenvalue weighted by Crippen LogP contribution is 2.18. The van der Waals surface area contributed by atoms with Crippen molar-refractivity contribution in [1.29, 1.82) is 0 Å². The van der Waals surface area contributed by atoms with Gasteiger partial charge in [-0.15, -0.1) is 11.3 Å². The minimum Gasteiger partial charge on any atom is -0.308 e. The number of rotatable bonds is 4. The monoisotopic (exact) mass is 273 g/mol. The average Bonchev–Trinajstić information content (AvgIpc) is 2.73. The van der Waals surface area contributed by atoms with Crippen LogP contribution in [0.3, 0.4) is 0 Å². The van der Waals surface area contributed by atoms with Crippen molar-refractivity contribution in [1.82, 2.24) is 5.32 Å². The van der Waals surface area contributed by atoms with E-state index in [0.29, 0.717) is 11.5 Å². The van der Waals surface area contributed by atoms with Gasteiger partial charge in [-0.3, -0.25) is 0 Å². The van der Waals surface area contributed by atoms with E-state index in [0.717, 1.165) is 25.8 Å². The third kappa shape index (κ3) is 3.79. The molecule has 1 aliphatic heterocycles. The van der Waals surface area contributed by atoms with Gasteiger partial charge in [0.1, 0.15) is 0 Å². The van der Waals surface area contributed by atoms with Crippen molar-refractivity contribution in [3.8, 4) is 0 Å². The minimum absolute atomic E-state index is 0.140. The minimum atomic E-state index is -2.79. The largest absolute Gasteiger partial charge is 0.308 e. The molecule has 2 rings (SSSR count). The predicted molar refractivity (Wildman–Crippen MR) is 72.2 cm³/mol. The Hall–Kier alpha value is -0.390. The van der Waals surface area contributed by atoms with E-state index in [9.17, 15) is 8.42 Å². The van der Waals surface area contributed by atoms with Crippen LogP contribution in [0.4, 0.5) is 0 Å². The van der Waals surface area contributed by atoms with Crippen molar-refractivity contribution in [2.45, 2.75) is 38.8 Å². The van der Waals surface area contributed by atoms with Gasteiger partial charge in [0.25, 0.3) is 0 Å². The van der Waals surface area contributed by atoms with Crippen LogP contribution in [-0.2, 0) is 22.8 Å². The highest BCUT2D eigenvalue weighted by Gasteiger charge is 2.24. The molecule has 2 heterocycles. The average molecular weight is 273 g/mol. The van der Waals surface area contributed by atoms with Gasteiger partial charge in [0.15, 0.2) is 9.84 Å². The zero-order valence-corrected chi connectivity index (χ0v) is 11.7. The number of aryl methyl sites for hydroxylation is 1. The lowest BCUT2D eigenvalue weighted by Gasteiger charge is -2.22. The predicted octanol–water partition coefficient (Wildman–Crippen LogP) is 1.98. The summed E-state index contributed by atoms with van der Waals surface area (Å²) in [6.45, 7) is 2.95. The quantitative estimate of drug-likeness (QED) is 0.912. The highest BCUT2D eigenvalue weighted by atomic mass is 32.2. The molecular formula is C12H19NO2S2. The van der Waals surface area contributed by atoms with Crippen molar-refractivity contribution in [3.63, 3.8) is 0 Å². The first-order valence-electron chi connectivity index (χ1n) is 6.10. The standard InChI is InChI=1S/C12H19NO2S2/c1-2-11-5-6-12(16-11)8-13-10-4-3-7-17(14,15)9-10/h5-6,10,13H,2-4,7-9H2,1H3. The molecule has 96 valence electrons. The second kappa shape index (κ2) is 5.50. The van der Waals surface area contributed by atoms with Gasteiger partial charge in [-0.2, -0.15) is 0 Å². The molecule has 0 saturated carbocycles. The Labute approximate surface area is 107 Å². The Morgan fingerprint density at radius 3 is 2.82 bits per heavy atom. The first-order chi connectivity index (χ1) is 8.09. The van der Waals surface area contributed by atoms with Crippen LogP contribution in [0.2, 0.25) is 0 Å². The van der Waals surface area contributed by atoms with Gasteiger partial charge in [-0.05, 0) is 31.4 Å². The summed E-state index contributed by atoms with van der Waals surface area (Å²) in [5.41, 5.74) is 0. The lowest BCUT2D eigenvalue weighted by Crippen LogP contribution is -2.39. The molecule has 1 aliphatic rings. The molecule has 1 aromatic heterocycles. The van der Waals surface area contributed by atoms with Crippen LogP contribution in [0.15, 0.2) is 12.1 Å². The Bertz CT molecular complexity index is 465. The number of hydrogen-bond acceptors (Lipinski definition) is 4.